The molecule has 0 aromatic heterocycles. The summed E-state index contributed by atoms with van der Waals surface area (Å²) < 4.78 is 0. The Labute approximate surface area is 107 Å². The summed E-state index contributed by atoms with van der Waals surface area (Å²) in [6.45, 7) is 0. The molecular formula is C16H13NO. The molecule has 0 heterocycles. The van der Waals surface area contributed by atoms with Gasteiger partial charge in [-0.05, 0) is 23.3 Å². The Morgan fingerprint density at radius 1 is 1.00 bits per heavy atom. The second-order valence-electron chi connectivity index (χ2n) is 3.87. The van der Waals surface area contributed by atoms with E-state index in [4.69, 9.17) is 6.42 Å². The van der Waals surface area contributed by atoms with Crippen molar-refractivity contribution in [3.8, 4) is 23.5 Å². The molecule has 1 aromatic rings. The third-order valence-electron chi connectivity index (χ3n) is 2.54. The molecule has 0 aliphatic heterocycles. The largest absolute Gasteiger partial charge is 0.325 e. The standard InChI is InChI=1S/C10H9NO.C6H4/c1-2-6-10(12)11-9-7-4-3-5-8-9;1-2-6-4-3-5(1)6/h1,3-5,7-8H,6H2,(H,11,12);1-4H. The first-order valence-corrected chi connectivity index (χ1v) is 5.68. The fourth-order valence-corrected chi connectivity index (χ4v) is 1.48. The van der Waals surface area contributed by atoms with Gasteiger partial charge in [0.1, 0.15) is 0 Å². The Balaban J connectivity index is 0.000000164. The zero-order chi connectivity index (χ0) is 12.8. The molecule has 0 saturated carbocycles. The quantitative estimate of drug-likeness (QED) is 0.678. The summed E-state index contributed by atoms with van der Waals surface area (Å²) in [6.07, 6.45) is 5.09. The van der Waals surface area contributed by atoms with Crippen molar-refractivity contribution in [2.45, 2.75) is 6.42 Å². The first-order valence-electron chi connectivity index (χ1n) is 5.68. The zero-order valence-corrected chi connectivity index (χ0v) is 9.89. The molecule has 2 nitrogen and oxygen atoms in total. The van der Waals surface area contributed by atoms with Gasteiger partial charge >= 0.3 is 0 Å². The maximum Gasteiger partial charge on any atom is 0.236 e. The SMILES string of the molecule is C#CCC(=O)Nc1ccccc1.c1cc2ccc1-2. The van der Waals surface area contributed by atoms with E-state index < -0.39 is 0 Å². The highest BCUT2D eigenvalue weighted by Gasteiger charge is 2.04. The molecule has 1 amide bonds. The lowest BCUT2D eigenvalue weighted by atomic mass is 9.95. The number of hydrogen-bond donors (Lipinski definition) is 1. The molecule has 88 valence electrons. The van der Waals surface area contributed by atoms with Crippen molar-refractivity contribution >= 4 is 11.6 Å². The van der Waals surface area contributed by atoms with Crippen LogP contribution in [0.3, 0.4) is 0 Å². The minimum absolute atomic E-state index is 0.120. The zero-order valence-electron chi connectivity index (χ0n) is 9.89. The Bertz CT molecular complexity index is 543. The summed E-state index contributed by atoms with van der Waals surface area (Å²) >= 11 is 0. The summed E-state index contributed by atoms with van der Waals surface area (Å²) in [5.41, 5.74) is 3.63. The van der Waals surface area contributed by atoms with Gasteiger partial charge < -0.3 is 5.32 Å². The van der Waals surface area contributed by atoms with Gasteiger partial charge in [0.2, 0.25) is 5.91 Å². The molecule has 18 heavy (non-hydrogen) atoms. The number of rotatable bonds is 2. The van der Waals surface area contributed by atoms with E-state index in [0.29, 0.717) is 0 Å². The molecule has 0 atom stereocenters. The highest BCUT2D eigenvalue weighted by Crippen LogP contribution is 2.29. The summed E-state index contributed by atoms with van der Waals surface area (Å²) in [5.74, 6) is 2.13. The van der Waals surface area contributed by atoms with Crippen LogP contribution in [0.4, 0.5) is 5.69 Å². The van der Waals surface area contributed by atoms with Crippen molar-refractivity contribution in [2.24, 2.45) is 0 Å². The summed E-state index contributed by atoms with van der Waals surface area (Å²) in [7, 11) is 0. The molecule has 0 saturated heterocycles. The summed E-state index contributed by atoms with van der Waals surface area (Å²) in [4.78, 5) is 11.0. The van der Waals surface area contributed by atoms with E-state index in [1.807, 2.05) is 30.3 Å². The lowest BCUT2D eigenvalue weighted by Gasteiger charge is -2.10. The summed E-state index contributed by atoms with van der Waals surface area (Å²) in [5, 5.41) is 2.66. The number of carbonyl (C=O) groups excluding carboxylic acids is 1. The van der Waals surface area contributed by atoms with E-state index in [0.717, 1.165) is 5.69 Å². The van der Waals surface area contributed by atoms with Gasteiger partial charge in [0.25, 0.3) is 0 Å². The van der Waals surface area contributed by atoms with Gasteiger partial charge in [-0.1, -0.05) is 48.4 Å². The van der Waals surface area contributed by atoms with Crippen molar-refractivity contribution in [1.82, 2.24) is 0 Å². The van der Waals surface area contributed by atoms with Crippen LogP contribution in [0, 0.1) is 12.3 Å². The van der Waals surface area contributed by atoms with Crippen LogP contribution >= 0.6 is 0 Å². The number of para-hydroxylation sites is 1. The lowest BCUT2D eigenvalue weighted by Crippen LogP contribution is -2.09. The average Bonchev–Trinajstić information content (AvgIpc) is 2.36. The Hall–Kier alpha value is -2.53. The number of anilines is 1. The third kappa shape index (κ3) is 2.99. The van der Waals surface area contributed by atoms with E-state index in [9.17, 15) is 4.79 Å². The first kappa shape index (κ1) is 11.9. The smallest absolute Gasteiger partial charge is 0.236 e. The van der Waals surface area contributed by atoms with Crippen molar-refractivity contribution < 1.29 is 4.79 Å². The molecule has 0 spiro atoms. The molecule has 2 aliphatic rings. The molecule has 0 unspecified atom stereocenters. The normalized spacial score (nSPS) is 9.50. The highest BCUT2D eigenvalue weighted by atomic mass is 16.1. The molecular weight excluding hydrogens is 222 g/mol. The van der Waals surface area contributed by atoms with Gasteiger partial charge in [0.15, 0.2) is 0 Å². The van der Waals surface area contributed by atoms with Crippen molar-refractivity contribution in [3.63, 3.8) is 0 Å². The highest BCUT2D eigenvalue weighted by molar-refractivity contribution is 5.92. The minimum atomic E-state index is -0.149. The van der Waals surface area contributed by atoms with Crippen LogP contribution < -0.4 is 5.32 Å². The second-order valence-corrected chi connectivity index (χ2v) is 3.87. The van der Waals surface area contributed by atoms with Crippen LogP contribution in [0.25, 0.3) is 11.1 Å². The van der Waals surface area contributed by atoms with Crippen LogP contribution in [-0.2, 0) is 4.79 Å². The van der Waals surface area contributed by atoms with Gasteiger partial charge in [0, 0.05) is 5.69 Å². The fraction of sp³-hybridized carbons (Fsp3) is 0.0625. The number of hydrogen-bond acceptors (Lipinski definition) is 1. The van der Waals surface area contributed by atoms with Crippen molar-refractivity contribution in [1.29, 1.82) is 0 Å². The van der Waals surface area contributed by atoms with Gasteiger partial charge in [-0.15, -0.1) is 6.42 Å². The molecule has 0 bridgehead atoms. The Morgan fingerprint density at radius 2 is 1.56 bits per heavy atom. The first-order chi connectivity index (χ1) is 8.79. The predicted molar refractivity (Wildman–Crippen MR) is 74.0 cm³/mol. The van der Waals surface area contributed by atoms with Crippen LogP contribution in [0.1, 0.15) is 6.42 Å². The lowest BCUT2D eigenvalue weighted by molar-refractivity contribution is -0.115. The minimum Gasteiger partial charge on any atom is -0.325 e. The van der Waals surface area contributed by atoms with Gasteiger partial charge in [-0.25, -0.2) is 0 Å². The number of fused-ring (bicyclic) bond motifs is 1. The van der Waals surface area contributed by atoms with E-state index in [1.165, 1.54) is 11.1 Å². The van der Waals surface area contributed by atoms with E-state index in [1.54, 1.807) is 0 Å². The van der Waals surface area contributed by atoms with Crippen molar-refractivity contribution in [2.75, 3.05) is 5.32 Å². The van der Waals surface area contributed by atoms with Crippen LogP contribution in [0.5, 0.6) is 0 Å². The number of terminal acetylenes is 1. The van der Waals surface area contributed by atoms with E-state index >= 15 is 0 Å². The molecule has 0 fully saturated rings. The van der Waals surface area contributed by atoms with E-state index in [-0.39, 0.29) is 12.3 Å². The van der Waals surface area contributed by atoms with Crippen molar-refractivity contribution in [3.05, 3.63) is 54.6 Å². The molecule has 2 heteroatoms. The van der Waals surface area contributed by atoms with Crippen LogP contribution in [0.15, 0.2) is 54.6 Å². The third-order valence-corrected chi connectivity index (χ3v) is 2.54. The monoisotopic (exact) mass is 235 g/mol. The Morgan fingerprint density at radius 3 is 1.94 bits per heavy atom. The second kappa shape index (κ2) is 5.70. The van der Waals surface area contributed by atoms with Crippen LogP contribution in [-0.4, -0.2) is 5.91 Å². The van der Waals surface area contributed by atoms with Crippen LogP contribution in [0.2, 0.25) is 0 Å². The molecule has 3 rings (SSSR count). The Kier molecular flexibility index (Phi) is 3.78. The molecule has 2 aliphatic carbocycles. The van der Waals surface area contributed by atoms with Gasteiger partial charge in [-0.3, -0.25) is 4.79 Å². The van der Waals surface area contributed by atoms with Gasteiger partial charge in [-0.2, -0.15) is 0 Å². The van der Waals surface area contributed by atoms with E-state index in [2.05, 4.69) is 35.5 Å². The number of benzene rings is 2. The number of amides is 1. The van der Waals surface area contributed by atoms with Gasteiger partial charge in [0.05, 0.1) is 6.42 Å². The maximum absolute atomic E-state index is 11.0. The fourth-order valence-electron chi connectivity index (χ4n) is 1.48. The molecule has 1 N–H and O–H groups in total. The average molecular weight is 235 g/mol. The summed E-state index contributed by atoms with van der Waals surface area (Å²) in [6, 6.07) is 17.7. The maximum atomic E-state index is 11.0. The number of nitrogens with one attached hydrogen (secondary N) is 1. The molecule has 0 radical (unpaired) electrons. The molecule has 1 aromatic carbocycles. The predicted octanol–water partition coefficient (Wildman–Crippen LogP) is 3.32. The topological polar surface area (TPSA) is 29.1 Å². The number of carbonyl (C=O) groups is 1.